The summed E-state index contributed by atoms with van der Waals surface area (Å²) in [5, 5.41) is 20.8. The van der Waals surface area contributed by atoms with Crippen LogP contribution in [0, 0.1) is 5.82 Å². The summed E-state index contributed by atoms with van der Waals surface area (Å²) in [6.07, 6.45) is 6.10. The van der Waals surface area contributed by atoms with Crippen molar-refractivity contribution in [1.29, 1.82) is 0 Å². The molecule has 1 aliphatic rings. The molecule has 7 heteroatoms. The normalized spacial score (nSPS) is 21.3. The molecule has 1 fully saturated rings. The van der Waals surface area contributed by atoms with Crippen molar-refractivity contribution in [3.05, 3.63) is 53.6 Å². The Morgan fingerprint density at radius 2 is 2.29 bits per heavy atom. The first kappa shape index (κ1) is 16.3. The Kier molecular flexibility index (Phi) is 4.71. The summed E-state index contributed by atoms with van der Waals surface area (Å²) in [5.41, 5.74) is -0.277. The quantitative estimate of drug-likeness (QED) is 0.896. The van der Waals surface area contributed by atoms with Crippen molar-refractivity contribution in [2.75, 3.05) is 13.1 Å². The summed E-state index contributed by atoms with van der Waals surface area (Å²) in [5.74, 6) is -0.427. The van der Waals surface area contributed by atoms with Gasteiger partial charge < -0.3 is 10.0 Å². The molecule has 0 saturated carbocycles. The minimum absolute atomic E-state index is 0.107. The summed E-state index contributed by atoms with van der Waals surface area (Å²) < 4.78 is 13.5. The molecule has 2 heterocycles. The van der Waals surface area contributed by atoms with Gasteiger partial charge in [0.1, 0.15) is 17.1 Å². The highest BCUT2D eigenvalue weighted by Gasteiger charge is 2.38. The highest BCUT2D eigenvalue weighted by molar-refractivity contribution is 5.79. The number of carbonyl (C=O) groups excluding carboxylic acids is 1. The van der Waals surface area contributed by atoms with Crippen LogP contribution in [0.25, 0.3) is 6.08 Å². The molecule has 0 aliphatic carbocycles. The van der Waals surface area contributed by atoms with Crippen molar-refractivity contribution in [2.24, 2.45) is 0 Å². The third-order valence-electron chi connectivity index (χ3n) is 4.21. The van der Waals surface area contributed by atoms with Gasteiger partial charge in [0.05, 0.1) is 12.7 Å². The highest BCUT2D eigenvalue weighted by Crippen LogP contribution is 2.30. The van der Waals surface area contributed by atoms with E-state index in [1.807, 2.05) is 0 Å². The Bertz CT molecular complexity index is 732. The Morgan fingerprint density at radius 3 is 3.04 bits per heavy atom. The van der Waals surface area contributed by atoms with E-state index >= 15 is 0 Å². The summed E-state index contributed by atoms with van der Waals surface area (Å²) in [6, 6.07) is 6.40. The molecule has 1 aliphatic heterocycles. The number of H-pyrrole nitrogens is 1. The van der Waals surface area contributed by atoms with Gasteiger partial charge in [0.15, 0.2) is 0 Å². The third-order valence-corrected chi connectivity index (χ3v) is 4.21. The lowest BCUT2D eigenvalue weighted by Gasteiger charge is -2.37. The van der Waals surface area contributed by atoms with E-state index in [-0.39, 0.29) is 24.7 Å². The first-order chi connectivity index (χ1) is 11.6. The zero-order valence-electron chi connectivity index (χ0n) is 13.2. The second-order valence-electron chi connectivity index (χ2n) is 5.93. The molecule has 1 unspecified atom stereocenters. The summed E-state index contributed by atoms with van der Waals surface area (Å²) >= 11 is 0. The molecule has 3 rings (SSSR count). The topological polar surface area (TPSA) is 82.1 Å². The monoisotopic (exact) mass is 330 g/mol. The number of hydrogen-bond donors (Lipinski definition) is 2. The lowest BCUT2D eigenvalue weighted by Crippen LogP contribution is -2.48. The Labute approximate surface area is 139 Å². The van der Waals surface area contributed by atoms with Crippen LogP contribution in [-0.4, -0.2) is 44.4 Å². The number of β-amino-alcohol motifs (C(OH)–C–C–N with tert-alkyl or cyclic N) is 1. The highest BCUT2D eigenvalue weighted by atomic mass is 19.1. The first-order valence-electron chi connectivity index (χ1n) is 7.86. The van der Waals surface area contributed by atoms with E-state index in [1.165, 1.54) is 12.3 Å². The fraction of sp³-hybridized carbons (Fsp3) is 0.353. The van der Waals surface area contributed by atoms with Crippen LogP contribution in [0.4, 0.5) is 4.39 Å². The fourth-order valence-electron chi connectivity index (χ4n) is 2.91. The molecule has 1 atom stereocenters. The molecule has 2 N–H and O–H groups in total. The summed E-state index contributed by atoms with van der Waals surface area (Å²) in [6.45, 7) is 0.776. The van der Waals surface area contributed by atoms with Gasteiger partial charge in [-0.3, -0.25) is 4.79 Å². The van der Waals surface area contributed by atoms with Crippen LogP contribution in [0.15, 0.2) is 36.5 Å². The minimum atomic E-state index is -1.17. The van der Waals surface area contributed by atoms with E-state index in [1.54, 1.807) is 35.3 Å². The average molecular weight is 330 g/mol. The number of hydrogen-bond acceptors (Lipinski definition) is 4. The van der Waals surface area contributed by atoms with Gasteiger partial charge in [-0.15, -0.1) is 0 Å². The maximum Gasteiger partial charge on any atom is 0.226 e. The number of aromatic amines is 1. The Hall–Kier alpha value is -2.54. The second kappa shape index (κ2) is 6.92. The number of benzene rings is 1. The molecular weight excluding hydrogens is 311 g/mol. The molecule has 2 aromatic rings. The molecule has 0 spiro atoms. The molecule has 24 heavy (non-hydrogen) atoms. The lowest BCUT2D eigenvalue weighted by molar-refractivity contribution is -0.138. The van der Waals surface area contributed by atoms with E-state index in [0.717, 1.165) is 0 Å². The van der Waals surface area contributed by atoms with Gasteiger partial charge in [0, 0.05) is 18.5 Å². The smallest absolute Gasteiger partial charge is 0.226 e. The maximum atomic E-state index is 13.5. The summed E-state index contributed by atoms with van der Waals surface area (Å²) in [4.78, 5) is 14.0. The van der Waals surface area contributed by atoms with Crippen LogP contribution in [0.5, 0.6) is 0 Å². The number of carbonyl (C=O) groups is 1. The molecule has 1 saturated heterocycles. The molecule has 0 radical (unpaired) electrons. The Morgan fingerprint density at radius 1 is 1.46 bits per heavy atom. The molecule has 0 bridgehead atoms. The molecule has 1 aromatic heterocycles. The number of amides is 1. The van der Waals surface area contributed by atoms with Crippen LogP contribution < -0.4 is 0 Å². The molecular formula is C17H19FN4O2. The zero-order valence-corrected chi connectivity index (χ0v) is 13.2. The van der Waals surface area contributed by atoms with Crippen LogP contribution >= 0.6 is 0 Å². The predicted octanol–water partition coefficient (Wildman–Crippen LogP) is 1.86. The van der Waals surface area contributed by atoms with Crippen molar-refractivity contribution >= 4 is 12.0 Å². The van der Waals surface area contributed by atoms with Gasteiger partial charge in [0.2, 0.25) is 5.91 Å². The zero-order chi connectivity index (χ0) is 17.0. The molecule has 1 aromatic carbocycles. The number of rotatable bonds is 4. The average Bonchev–Trinajstić information content (AvgIpc) is 3.12. The molecule has 1 amide bonds. The van der Waals surface area contributed by atoms with Crippen LogP contribution in [0.3, 0.4) is 0 Å². The number of piperidine rings is 1. The van der Waals surface area contributed by atoms with Crippen LogP contribution in [0.2, 0.25) is 0 Å². The number of nitrogens with zero attached hydrogens (tertiary/aromatic N) is 3. The van der Waals surface area contributed by atoms with Crippen molar-refractivity contribution < 1.29 is 14.3 Å². The predicted molar refractivity (Wildman–Crippen MR) is 86.1 cm³/mol. The third kappa shape index (κ3) is 3.51. The fourth-order valence-corrected chi connectivity index (χ4v) is 2.91. The van der Waals surface area contributed by atoms with Gasteiger partial charge in [-0.05, 0) is 18.9 Å². The first-order valence-corrected chi connectivity index (χ1v) is 7.86. The molecule has 126 valence electrons. The minimum Gasteiger partial charge on any atom is -0.382 e. The maximum absolute atomic E-state index is 13.5. The van der Waals surface area contributed by atoms with Gasteiger partial charge in [-0.25, -0.2) is 4.39 Å². The van der Waals surface area contributed by atoms with Crippen molar-refractivity contribution in [3.8, 4) is 0 Å². The van der Waals surface area contributed by atoms with Crippen molar-refractivity contribution in [2.45, 2.75) is 24.9 Å². The van der Waals surface area contributed by atoms with Gasteiger partial charge in [0.25, 0.3) is 0 Å². The van der Waals surface area contributed by atoms with E-state index < -0.39 is 5.60 Å². The number of likely N-dealkylation sites (tertiary alicyclic amines) is 1. The van der Waals surface area contributed by atoms with Gasteiger partial charge in [-0.2, -0.15) is 15.4 Å². The number of aromatic nitrogens is 3. The summed E-state index contributed by atoms with van der Waals surface area (Å²) in [7, 11) is 0. The van der Waals surface area contributed by atoms with E-state index in [9.17, 15) is 14.3 Å². The SMILES string of the molecule is O=C(C/C=C/c1ccccc1F)N1CCCC(O)(c2cn[nH]n2)C1. The van der Waals surface area contributed by atoms with E-state index in [0.29, 0.717) is 30.6 Å². The lowest BCUT2D eigenvalue weighted by atomic mass is 9.90. The number of aliphatic hydroxyl groups is 1. The molecule has 6 nitrogen and oxygen atoms in total. The van der Waals surface area contributed by atoms with Gasteiger partial charge >= 0.3 is 0 Å². The number of nitrogens with one attached hydrogen (secondary N) is 1. The van der Waals surface area contributed by atoms with E-state index in [2.05, 4.69) is 15.4 Å². The largest absolute Gasteiger partial charge is 0.382 e. The van der Waals surface area contributed by atoms with Crippen molar-refractivity contribution in [3.63, 3.8) is 0 Å². The number of halogens is 1. The van der Waals surface area contributed by atoms with Crippen LogP contribution in [-0.2, 0) is 10.4 Å². The standard InChI is InChI=1S/C17H19FN4O2/c18-14-7-2-1-5-13(14)6-3-8-16(23)22-10-4-9-17(24,12-22)15-11-19-21-20-15/h1-3,5-7,11,24H,4,8-10,12H2,(H,19,20,21)/b6-3+. The van der Waals surface area contributed by atoms with Crippen LogP contribution in [0.1, 0.15) is 30.5 Å². The second-order valence-corrected chi connectivity index (χ2v) is 5.93. The Balaban J connectivity index is 1.62. The van der Waals surface area contributed by atoms with Gasteiger partial charge in [-0.1, -0.05) is 30.4 Å². The van der Waals surface area contributed by atoms with E-state index in [4.69, 9.17) is 0 Å². The van der Waals surface area contributed by atoms with Crippen molar-refractivity contribution in [1.82, 2.24) is 20.3 Å².